The molecule has 1 fully saturated rings. The van der Waals surface area contributed by atoms with E-state index in [-0.39, 0.29) is 6.04 Å². The van der Waals surface area contributed by atoms with Gasteiger partial charge in [0.15, 0.2) is 0 Å². The van der Waals surface area contributed by atoms with E-state index in [1.54, 1.807) is 0 Å². The van der Waals surface area contributed by atoms with Crippen LogP contribution in [-0.2, 0) is 10.8 Å². The summed E-state index contributed by atoms with van der Waals surface area (Å²) in [6.07, 6.45) is 1.05. The molecule has 1 saturated heterocycles. The van der Waals surface area contributed by atoms with Crippen LogP contribution in [0.25, 0.3) is 0 Å². The van der Waals surface area contributed by atoms with Crippen molar-refractivity contribution in [3.8, 4) is 0 Å². The summed E-state index contributed by atoms with van der Waals surface area (Å²) in [6, 6.07) is 9.41. The van der Waals surface area contributed by atoms with Crippen molar-refractivity contribution in [2.45, 2.75) is 45.2 Å². The first-order chi connectivity index (χ1) is 8.60. The molecule has 0 spiro atoms. The molecular weight excluding hydrogens is 242 g/mol. The molecule has 2 rings (SSSR count). The third-order valence-electron chi connectivity index (χ3n) is 3.67. The first-order valence-corrected chi connectivity index (χ1v) is 8.29. The van der Waals surface area contributed by atoms with Gasteiger partial charge in [0.2, 0.25) is 0 Å². The highest BCUT2D eigenvalue weighted by molar-refractivity contribution is 7.85. The van der Waals surface area contributed by atoms with Gasteiger partial charge < -0.3 is 5.32 Å². The smallest absolute Gasteiger partial charge is 0.0439 e. The Hall–Kier alpha value is -0.670. The predicted molar refractivity (Wildman–Crippen MR) is 78.4 cm³/mol. The van der Waals surface area contributed by atoms with E-state index in [0.717, 1.165) is 17.9 Å². The summed E-state index contributed by atoms with van der Waals surface area (Å²) < 4.78 is 11.9. The van der Waals surface area contributed by atoms with E-state index >= 15 is 0 Å². The highest BCUT2D eigenvalue weighted by Gasteiger charge is 2.25. The standard InChI is InChI=1S/C15H23NOS/c1-4-14-9-18(17)10-15(16-14)13-7-5-12(6-8-13)11(2)3/h5-8,11,14-16H,4,9-10H2,1-3H3. The van der Waals surface area contributed by atoms with Gasteiger partial charge in [0, 0.05) is 34.4 Å². The van der Waals surface area contributed by atoms with E-state index in [1.165, 1.54) is 11.1 Å². The van der Waals surface area contributed by atoms with Crippen LogP contribution in [0.15, 0.2) is 24.3 Å². The van der Waals surface area contributed by atoms with Crippen LogP contribution in [0.4, 0.5) is 0 Å². The number of hydrogen-bond acceptors (Lipinski definition) is 2. The third-order valence-corrected chi connectivity index (χ3v) is 5.15. The van der Waals surface area contributed by atoms with Gasteiger partial charge in [-0.05, 0) is 23.5 Å². The lowest BCUT2D eigenvalue weighted by Gasteiger charge is -2.30. The van der Waals surface area contributed by atoms with Crippen molar-refractivity contribution in [2.75, 3.05) is 11.5 Å². The molecular formula is C15H23NOS. The Morgan fingerprint density at radius 3 is 2.50 bits per heavy atom. The normalized spacial score (nSPS) is 28.6. The Balaban J connectivity index is 2.12. The lowest BCUT2D eigenvalue weighted by Crippen LogP contribution is -2.44. The topological polar surface area (TPSA) is 29.1 Å². The average molecular weight is 265 g/mol. The number of rotatable bonds is 3. The molecule has 0 aromatic heterocycles. The Morgan fingerprint density at radius 2 is 1.94 bits per heavy atom. The molecule has 1 heterocycles. The maximum Gasteiger partial charge on any atom is 0.0439 e. The highest BCUT2D eigenvalue weighted by Crippen LogP contribution is 2.22. The van der Waals surface area contributed by atoms with Crippen molar-refractivity contribution in [1.82, 2.24) is 5.32 Å². The first kappa shape index (κ1) is 13.8. The van der Waals surface area contributed by atoms with Crippen LogP contribution >= 0.6 is 0 Å². The van der Waals surface area contributed by atoms with Crippen molar-refractivity contribution in [3.05, 3.63) is 35.4 Å². The molecule has 18 heavy (non-hydrogen) atoms. The fourth-order valence-corrected chi connectivity index (χ4v) is 3.98. The van der Waals surface area contributed by atoms with Crippen molar-refractivity contribution in [3.63, 3.8) is 0 Å². The Bertz CT molecular complexity index is 413. The fourth-order valence-electron chi connectivity index (χ4n) is 2.40. The van der Waals surface area contributed by atoms with Crippen LogP contribution in [-0.4, -0.2) is 21.8 Å². The minimum atomic E-state index is -0.677. The van der Waals surface area contributed by atoms with E-state index in [2.05, 4.69) is 50.4 Å². The molecule has 1 aromatic carbocycles. The monoisotopic (exact) mass is 265 g/mol. The maximum atomic E-state index is 11.9. The molecule has 3 atom stereocenters. The van der Waals surface area contributed by atoms with Gasteiger partial charge in [0.05, 0.1) is 0 Å². The van der Waals surface area contributed by atoms with E-state index in [9.17, 15) is 4.21 Å². The van der Waals surface area contributed by atoms with Gasteiger partial charge in [-0.25, -0.2) is 0 Å². The van der Waals surface area contributed by atoms with Crippen molar-refractivity contribution >= 4 is 10.8 Å². The second-order valence-electron chi connectivity index (χ2n) is 5.42. The second kappa shape index (κ2) is 5.98. The van der Waals surface area contributed by atoms with Gasteiger partial charge in [0.25, 0.3) is 0 Å². The number of nitrogens with one attached hydrogen (secondary N) is 1. The van der Waals surface area contributed by atoms with Crippen LogP contribution < -0.4 is 5.32 Å². The van der Waals surface area contributed by atoms with Gasteiger partial charge in [-0.3, -0.25) is 4.21 Å². The summed E-state index contributed by atoms with van der Waals surface area (Å²) in [6.45, 7) is 6.56. The van der Waals surface area contributed by atoms with Gasteiger partial charge >= 0.3 is 0 Å². The van der Waals surface area contributed by atoms with E-state index in [0.29, 0.717) is 12.0 Å². The Kier molecular flexibility index (Phi) is 4.57. The lowest BCUT2D eigenvalue weighted by molar-refractivity contribution is 0.456. The molecule has 2 nitrogen and oxygen atoms in total. The van der Waals surface area contributed by atoms with Crippen LogP contribution in [0.1, 0.15) is 50.3 Å². The van der Waals surface area contributed by atoms with E-state index < -0.39 is 10.8 Å². The molecule has 1 aliphatic rings. The minimum Gasteiger partial charge on any atom is -0.305 e. The van der Waals surface area contributed by atoms with Gasteiger partial charge in [-0.2, -0.15) is 0 Å². The van der Waals surface area contributed by atoms with Crippen LogP contribution in [0.2, 0.25) is 0 Å². The number of benzene rings is 1. The quantitative estimate of drug-likeness (QED) is 0.910. The summed E-state index contributed by atoms with van der Waals surface area (Å²) in [5, 5.41) is 3.61. The molecule has 0 aliphatic carbocycles. The largest absolute Gasteiger partial charge is 0.305 e. The molecule has 100 valence electrons. The van der Waals surface area contributed by atoms with Gasteiger partial charge in [-0.15, -0.1) is 0 Å². The van der Waals surface area contributed by atoms with E-state index in [1.807, 2.05) is 0 Å². The summed E-state index contributed by atoms with van der Waals surface area (Å²) in [4.78, 5) is 0. The minimum absolute atomic E-state index is 0.255. The Labute approximate surface area is 113 Å². The average Bonchev–Trinajstić information content (AvgIpc) is 2.38. The Morgan fingerprint density at radius 1 is 1.28 bits per heavy atom. The molecule has 0 saturated carbocycles. The summed E-state index contributed by atoms with van der Waals surface area (Å²) in [7, 11) is -0.677. The van der Waals surface area contributed by atoms with Crippen molar-refractivity contribution in [1.29, 1.82) is 0 Å². The second-order valence-corrected chi connectivity index (χ2v) is 6.97. The molecule has 1 aromatic rings. The molecule has 3 unspecified atom stereocenters. The summed E-state index contributed by atoms with van der Waals surface area (Å²) in [5.74, 6) is 2.12. The molecule has 1 aliphatic heterocycles. The zero-order valence-electron chi connectivity index (χ0n) is 11.5. The zero-order chi connectivity index (χ0) is 13.1. The molecule has 3 heteroatoms. The molecule has 1 N–H and O–H groups in total. The maximum absolute atomic E-state index is 11.9. The van der Waals surface area contributed by atoms with E-state index in [4.69, 9.17) is 0 Å². The van der Waals surface area contributed by atoms with Crippen LogP contribution in [0.3, 0.4) is 0 Å². The number of hydrogen-bond donors (Lipinski definition) is 1. The summed E-state index contributed by atoms with van der Waals surface area (Å²) >= 11 is 0. The first-order valence-electron chi connectivity index (χ1n) is 6.81. The summed E-state index contributed by atoms with van der Waals surface area (Å²) in [5.41, 5.74) is 2.63. The zero-order valence-corrected chi connectivity index (χ0v) is 12.3. The third kappa shape index (κ3) is 3.21. The van der Waals surface area contributed by atoms with Gasteiger partial charge in [-0.1, -0.05) is 45.0 Å². The van der Waals surface area contributed by atoms with Crippen molar-refractivity contribution in [2.24, 2.45) is 0 Å². The highest BCUT2D eigenvalue weighted by atomic mass is 32.2. The molecule has 0 bridgehead atoms. The lowest BCUT2D eigenvalue weighted by atomic mass is 9.99. The van der Waals surface area contributed by atoms with Crippen molar-refractivity contribution < 1.29 is 4.21 Å². The molecule has 0 amide bonds. The van der Waals surface area contributed by atoms with Crippen LogP contribution in [0, 0.1) is 0 Å². The SMILES string of the molecule is CCC1CS(=O)CC(c2ccc(C(C)C)cc2)N1. The predicted octanol–water partition coefficient (Wildman–Crippen LogP) is 2.98. The molecule has 0 radical (unpaired) electrons. The van der Waals surface area contributed by atoms with Gasteiger partial charge in [0.1, 0.15) is 0 Å². The van der Waals surface area contributed by atoms with Crippen LogP contribution in [0.5, 0.6) is 0 Å². The fraction of sp³-hybridized carbons (Fsp3) is 0.600.